The number of allylic oxidation sites excluding steroid dienone is 1. The summed E-state index contributed by atoms with van der Waals surface area (Å²) in [4.78, 5) is 24.9. The molecule has 0 radical (unpaired) electrons. The number of rotatable bonds is 5. The summed E-state index contributed by atoms with van der Waals surface area (Å²) >= 11 is 1.48. The lowest BCUT2D eigenvalue weighted by Crippen LogP contribution is -2.17. The van der Waals surface area contributed by atoms with E-state index >= 15 is 0 Å². The zero-order chi connectivity index (χ0) is 17.9. The highest BCUT2D eigenvalue weighted by atomic mass is 32.1. The molecule has 7 heteroatoms. The lowest BCUT2D eigenvalue weighted by molar-refractivity contribution is -0.114. The number of ether oxygens (including phenoxy) is 1. The van der Waals surface area contributed by atoms with Gasteiger partial charge in [0, 0.05) is 10.6 Å². The van der Waals surface area contributed by atoms with Crippen LogP contribution in [0, 0.1) is 17.2 Å². The molecule has 0 saturated heterocycles. The molecule has 24 heavy (non-hydrogen) atoms. The summed E-state index contributed by atoms with van der Waals surface area (Å²) in [7, 11) is 0. The molecule has 0 aliphatic heterocycles. The number of nitrogens with one attached hydrogen (secondary N) is 1. The topological polar surface area (TPSA) is 105 Å². The van der Waals surface area contributed by atoms with E-state index < -0.39 is 5.91 Å². The zero-order valence-electron chi connectivity index (χ0n) is 14.1. The maximum atomic E-state index is 12.4. The fourth-order valence-corrected chi connectivity index (χ4v) is 4.27. The largest absolute Gasteiger partial charge is 0.462 e. The summed E-state index contributed by atoms with van der Waals surface area (Å²) in [6.07, 6.45) is 2.76. The van der Waals surface area contributed by atoms with Crippen LogP contribution in [0.5, 0.6) is 0 Å². The summed E-state index contributed by atoms with van der Waals surface area (Å²) in [5.74, 6) is -0.608. The van der Waals surface area contributed by atoms with Crippen molar-refractivity contribution < 1.29 is 14.3 Å². The molecule has 0 aromatic carbocycles. The van der Waals surface area contributed by atoms with Crippen LogP contribution >= 0.6 is 11.3 Å². The number of anilines is 1. The van der Waals surface area contributed by atoms with Crippen LogP contribution in [0.1, 0.15) is 48.0 Å². The molecule has 1 aliphatic rings. The summed E-state index contributed by atoms with van der Waals surface area (Å²) in [5, 5.41) is 12.7. The number of primary amides is 1. The number of nitrogens with two attached hydrogens (primary N) is 1. The predicted octanol–water partition coefficient (Wildman–Crippen LogP) is 2.74. The lowest BCUT2D eigenvalue weighted by Gasteiger charge is -2.18. The first-order chi connectivity index (χ1) is 11.4. The van der Waals surface area contributed by atoms with Gasteiger partial charge in [-0.3, -0.25) is 4.79 Å². The van der Waals surface area contributed by atoms with Gasteiger partial charge in [0.05, 0.1) is 12.2 Å². The van der Waals surface area contributed by atoms with Crippen molar-refractivity contribution in [1.82, 2.24) is 0 Å². The van der Waals surface area contributed by atoms with Crippen LogP contribution in [0.3, 0.4) is 0 Å². The van der Waals surface area contributed by atoms with Crippen molar-refractivity contribution in [1.29, 1.82) is 5.26 Å². The lowest BCUT2D eigenvalue weighted by atomic mass is 9.88. The van der Waals surface area contributed by atoms with E-state index in [0.717, 1.165) is 29.7 Å². The Morgan fingerprint density at radius 3 is 2.79 bits per heavy atom. The Morgan fingerprint density at radius 1 is 1.50 bits per heavy atom. The molecule has 0 unspecified atom stereocenters. The second kappa shape index (κ2) is 7.49. The summed E-state index contributed by atoms with van der Waals surface area (Å²) < 4.78 is 5.19. The number of carbonyl (C=O) groups excluding carboxylic acids is 2. The molecule has 1 aliphatic carbocycles. The normalized spacial score (nSPS) is 17.3. The molecule has 1 atom stereocenters. The average Bonchev–Trinajstić information content (AvgIpc) is 2.84. The van der Waals surface area contributed by atoms with Crippen LogP contribution in [0.2, 0.25) is 0 Å². The molecule has 1 heterocycles. The van der Waals surface area contributed by atoms with E-state index in [1.807, 2.05) is 0 Å². The predicted molar refractivity (Wildman–Crippen MR) is 92.6 cm³/mol. The van der Waals surface area contributed by atoms with E-state index in [-0.39, 0.29) is 11.5 Å². The second-order valence-corrected chi connectivity index (χ2v) is 6.98. The van der Waals surface area contributed by atoms with E-state index in [1.165, 1.54) is 11.3 Å². The number of hydrogen-bond acceptors (Lipinski definition) is 6. The molecule has 3 N–H and O–H groups in total. The number of esters is 1. The summed E-state index contributed by atoms with van der Waals surface area (Å²) in [6, 6.07) is 1.80. The Kier molecular flexibility index (Phi) is 5.62. The third kappa shape index (κ3) is 3.60. The van der Waals surface area contributed by atoms with Gasteiger partial charge in [0.2, 0.25) is 0 Å². The van der Waals surface area contributed by atoms with Gasteiger partial charge in [0.25, 0.3) is 5.91 Å². The minimum atomic E-state index is -0.796. The van der Waals surface area contributed by atoms with Gasteiger partial charge in [-0.1, -0.05) is 6.92 Å². The van der Waals surface area contributed by atoms with Crippen LogP contribution in [0.15, 0.2) is 11.3 Å². The number of hydrogen-bond donors (Lipinski definition) is 2. The van der Waals surface area contributed by atoms with Gasteiger partial charge in [-0.05, 0) is 44.6 Å². The third-order valence-electron chi connectivity index (χ3n) is 4.03. The summed E-state index contributed by atoms with van der Waals surface area (Å²) in [5.41, 5.74) is 6.94. The van der Waals surface area contributed by atoms with Crippen molar-refractivity contribution in [3.8, 4) is 6.07 Å². The Labute approximate surface area is 145 Å². The minimum Gasteiger partial charge on any atom is -0.462 e. The summed E-state index contributed by atoms with van der Waals surface area (Å²) in [6.45, 7) is 5.84. The van der Waals surface area contributed by atoms with Crippen LogP contribution < -0.4 is 11.1 Å². The van der Waals surface area contributed by atoms with Crippen molar-refractivity contribution in [2.45, 2.75) is 40.0 Å². The molecule has 0 saturated carbocycles. The first-order valence-electron chi connectivity index (χ1n) is 7.88. The molecule has 2 rings (SSSR count). The molecule has 128 valence electrons. The van der Waals surface area contributed by atoms with Gasteiger partial charge in [0.15, 0.2) is 0 Å². The van der Waals surface area contributed by atoms with Crippen LogP contribution in [-0.2, 0) is 22.4 Å². The van der Waals surface area contributed by atoms with Crippen LogP contribution in [0.4, 0.5) is 5.00 Å². The van der Waals surface area contributed by atoms with Crippen LogP contribution in [-0.4, -0.2) is 18.5 Å². The van der Waals surface area contributed by atoms with E-state index in [4.69, 9.17) is 15.7 Å². The smallest absolute Gasteiger partial charge is 0.341 e. The van der Waals surface area contributed by atoms with Gasteiger partial charge < -0.3 is 15.8 Å². The monoisotopic (exact) mass is 347 g/mol. The van der Waals surface area contributed by atoms with Crippen molar-refractivity contribution in [2.75, 3.05) is 11.9 Å². The Morgan fingerprint density at radius 2 is 2.21 bits per heavy atom. The Bertz CT molecular complexity index is 743. The molecule has 0 fully saturated rings. The highest BCUT2D eigenvalue weighted by molar-refractivity contribution is 7.16. The Hall–Kier alpha value is -2.33. The molecular weight excluding hydrogens is 326 g/mol. The van der Waals surface area contributed by atoms with E-state index in [9.17, 15) is 9.59 Å². The maximum Gasteiger partial charge on any atom is 0.341 e. The minimum absolute atomic E-state index is 0.149. The first kappa shape index (κ1) is 18.0. The third-order valence-corrected chi connectivity index (χ3v) is 5.20. The fourth-order valence-electron chi connectivity index (χ4n) is 2.81. The number of carbonyl (C=O) groups is 2. The van der Waals surface area contributed by atoms with E-state index in [0.29, 0.717) is 28.8 Å². The SMILES string of the molecule is CCOC(=O)c1c(N/C(C)=C(\C#N)C(N)=O)sc2c1CC[C@@H](C)C2. The van der Waals surface area contributed by atoms with Crippen molar-refractivity contribution in [3.05, 3.63) is 27.3 Å². The number of nitriles is 1. The number of amides is 1. The average molecular weight is 347 g/mol. The van der Waals surface area contributed by atoms with Crippen molar-refractivity contribution >= 4 is 28.2 Å². The van der Waals surface area contributed by atoms with Gasteiger partial charge in [-0.15, -0.1) is 11.3 Å². The maximum absolute atomic E-state index is 12.4. The van der Waals surface area contributed by atoms with E-state index in [2.05, 4.69) is 12.2 Å². The standard InChI is InChI=1S/C17H21N3O3S/c1-4-23-17(22)14-11-6-5-9(2)7-13(11)24-16(14)20-10(3)12(8-18)15(19)21/h9,20H,4-7H2,1-3H3,(H2,19,21)/b12-10+/t9-/m1/s1. The molecule has 0 spiro atoms. The molecule has 0 bridgehead atoms. The van der Waals surface area contributed by atoms with Gasteiger partial charge in [-0.25, -0.2) is 4.79 Å². The van der Waals surface area contributed by atoms with Gasteiger partial charge in [0.1, 0.15) is 16.6 Å². The number of fused-ring (bicyclic) bond motifs is 1. The quantitative estimate of drug-likeness (QED) is 0.484. The molecule has 1 aromatic rings. The zero-order valence-corrected chi connectivity index (χ0v) is 14.9. The fraction of sp³-hybridized carbons (Fsp3) is 0.471. The van der Waals surface area contributed by atoms with Crippen molar-refractivity contribution in [2.24, 2.45) is 11.7 Å². The van der Waals surface area contributed by atoms with Crippen molar-refractivity contribution in [3.63, 3.8) is 0 Å². The molecule has 1 aromatic heterocycles. The molecule has 6 nitrogen and oxygen atoms in total. The molecular formula is C17H21N3O3S. The van der Waals surface area contributed by atoms with Crippen LogP contribution in [0.25, 0.3) is 0 Å². The van der Waals surface area contributed by atoms with Gasteiger partial charge in [-0.2, -0.15) is 5.26 Å². The van der Waals surface area contributed by atoms with Gasteiger partial charge >= 0.3 is 5.97 Å². The Balaban J connectivity index is 2.48. The second-order valence-electron chi connectivity index (χ2n) is 5.88. The highest BCUT2D eigenvalue weighted by Crippen LogP contribution is 2.40. The highest BCUT2D eigenvalue weighted by Gasteiger charge is 2.28. The molecule has 1 amide bonds. The number of thiophene rings is 1. The first-order valence-corrected chi connectivity index (χ1v) is 8.70. The number of nitrogens with zero attached hydrogens (tertiary/aromatic N) is 1. The van der Waals surface area contributed by atoms with E-state index in [1.54, 1.807) is 19.9 Å².